The Labute approximate surface area is 170 Å². The summed E-state index contributed by atoms with van der Waals surface area (Å²) in [6.45, 7) is 9.03. The number of ether oxygens (including phenoxy) is 1. The number of amides is 2. The molecular weight excluding hydrogens is 372 g/mol. The van der Waals surface area contributed by atoms with E-state index in [0.29, 0.717) is 24.9 Å². The van der Waals surface area contributed by atoms with Crippen LogP contribution in [-0.2, 0) is 25.7 Å². The molecule has 2 heterocycles. The van der Waals surface area contributed by atoms with Gasteiger partial charge in [0.1, 0.15) is 6.04 Å². The molecule has 0 unspecified atom stereocenters. The number of rotatable bonds is 7. The molecule has 7 heteroatoms. The van der Waals surface area contributed by atoms with Gasteiger partial charge in [0, 0.05) is 23.5 Å². The highest BCUT2D eigenvalue weighted by atomic mass is 16.5. The topological polar surface area (TPSA) is 85.7 Å². The van der Waals surface area contributed by atoms with Crippen LogP contribution < -0.4 is 0 Å². The molecule has 0 N–H and O–H groups in total. The van der Waals surface area contributed by atoms with E-state index in [1.54, 1.807) is 12.1 Å². The Morgan fingerprint density at radius 3 is 2.34 bits per heavy atom. The molecule has 2 aliphatic rings. The quantitative estimate of drug-likeness (QED) is 0.305. The van der Waals surface area contributed by atoms with Gasteiger partial charge >= 0.3 is 5.97 Å². The van der Waals surface area contributed by atoms with E-state index in [2.05, 4.69) is 6.58 Å². The highest BCUT2D eigenvalue weighted by molar-refractivity contribution is 6.08. The molecule has 1 aliphatic heterocycles. The number of Topliss-reactive ketones (excluding diaryl/α,β-unsaturated/α-hetero) is 1. The molecule has 3 rings (SSSR count). The van der Waals surface area contributed by atoms with Gasteiger partial charge in [0.2, 0.25) is 17.6 Å². The van der Waals surface area contributed by atoms with Gasteiger partial charge in [-0.1, -0.05) is 18.2 Å². The molecule has 1 aromatic rings. The molecule has 3 atom stereocenters. The van der Waals surface area contributed by atoms with Gasteiger partial charge in [0.25, 0.3) is 0 Å². The zero-order valence-corrected chi connectivity index (χ0v) is 17.0. The van der Waals surface area contributed by atoms with E-state index in [0.717, 1.165) is 16.3 Å². The van der Waals surface area contributed by atoms with Gasteiger partial charge in [-0.05, 0) is 39.7 Å². The van der Waals surface area contributed by atoms with E-state index in [9.17, 15) is 19.2 Å². The third-order valence-corrected chi connectivity index (χ3v) is 5.80. The minimum atomic E-state index is -1.05. The Balaban J connectivity index is 1.64. The molecule has 1 fully saturated rings. The summed E-state index contributed by atoms with van der Waals surface area (Å²) < 4.78 is 7.11. The lowest BCUT2D eigenvalue weighted by Gasteiger charge is -2.21. The number of allylic oxidation sites excluding steroid dienone is 3. The fourth-order valence-electron chi connectivity index (χ4n) is 4.14. The number of hydrogen-bond donors (Lipinski definition) is 0. The summed E-state index contributed by atoms with van der Waals surface area (Å²) in [5, 5.41) is 0. The molecule has 1 aliphatic carbocycles. The van der Waals surface area contributed by atoms with Gasteiger partial charge in [-0.3, -0.25) is 19.3 Å². The average molecular weight is 398 g/mol. The summed E-state index contributed by atoms with van der Waals surface area (Å²) in [7, 11) is 0. The van der Waals surface area contributed by atoms with E-state index in [-0.39, 0.29) is 17.6 Å². The maximum Gasteiger partial charge on any atom is 0.329 e. The Bertz CT molecular complexity index is 885. The standard InChI is InChI=1S/C22H26N2O5/c1-5-10-23-13(2)11-18(14(23)3)19(25)12-29-22(28)15(4)24-20(26)16-8-6-7-9-17(16)21(24)27/h5-7,11,15-17H,1,8-10,12H2,2-4H3/t15-,16-,17+/m0/s1. The van der Waals surface area contributed by atoms with Crippen molar-refractivity contribution in [2.24, 2.45) is 11.8 Å². The van der Waals surface area contributed by atoms with Crippen molar-refractivity contribution in [3.8, 4) is 0 Å². The van der Waals surface area contributed by atoms with Crippen LogP contribution in [0.3, 0.4) is 0 Å². The van der Waals surface area contributed by atoms with Crippen LogP contribution >= 0.6 is 0 Å². The van der Waals surface area contributed by atoms with Crippen molar-refractivity contribution in [3.63, 3.8) is 0 Å². The van der Waals surface area contributed by atoms with Crippen LogP contribution in [0.5, 0.6) is 0 Å². The number of aryl methyl sites for hydroxylation is 1. The first kappa shape index (κ1) is 20.8. The minimum Gasteiger partial charge on any atom is -0.456 e. The highest BCUT2D eigenvalue weighted by Gasteiger charge is 2.50. The molecule has 1 saturated heterocycles. The summed E-state index contributed by atoms with van der Waals surface area (Å²) >= 11 is 0. The van der Waals surface area contributed by atoms with E-state index < -0.39 is 30.5 Å². The van der Waals surface area contributed by atoms with Gasteiger partial charge in [-0.15, -0.1) is 6.58 Å². The highest BCUT2D eigenvalue weighted by Crippen LogP contribution is 2.36. The predicted octanol–water partition coefficient (Wildman–Crippen LogP) is 2.36. The largest absolute Gasteiger partial charge is 0.456 e. The lowest BCUT2D eigenvalue weighted by Crippen LogP contribution is -2.44. The molecule has 29 heavy (non-hydrogen) atoms. The number of imide groups is 1. The number of likely N-dealkylation sites (tertiary alicyclic amines) is 1. The third-order valence-electron chi connectivity index (χ3n) is 5.80. The first-order valence-electron chi connectivity index (χ1n) is 9.77. The second-order valence-electron chi connectivity index (χ2n) is 7.59. The van der Waals surface area contributed by atoms with Gasteiger partial charge < -0.3 is 9.30 Å². The lowest BCUT2D eigenvalue weighted by atomic mass is 9.85. The first-order chi connectivity index (χ1) is 13.8. The summed E-state index contributed by atoms with van der Waals surface area (Å²) in [4.78, 5) is 51.2. The van der Waals surface area contributed by atoms with Gasteiger partial charge in [0.05, 0.1) is 11.8 Å². The van der Waals surface area contributed by atoms with E-state index in [1.807, 2.05) is 30.6 Å². The average Bonchev–Trinajstić information content (AvgIpc) is 3.13. The number of nitrogens with zero attached hydrogens (tertiary/aromatic N) is 2. The molecule has 7 nitrogen and oxygen atoms in total. The number of ketones is 1. The first-order valence-corrected chi connectivity index (χ1v) is 9.77. The van der Waals surface area contributed by atoms with Crippen LogP contribution in [0, 0.1) is 25.7 Å². The van der Waals surface area contributed by atoms with Crippen molar-refractivity contribution in [2.75, 3.05) is 6.61 Å². The van der Waals surface area contributed by atoms with E-state index >= 15 is 0 Å². The molecule has 154 valence electrons. The molecule has 0 saturated carbocycles. The van der Waals surface area contributed by atoms with Crippen LogP contribution in [0.15, 0.2) is 30.9 Å². The summed E-state index contributed by atoms with van der Waals surface area (Å²) in [6, 6.07) is 0.700. The smallest absolute Gasteiger partial charge is 0.329 e. The number of carbonyl (C=O) groups is 4. The molecule has 0 spiro atoms. The SMILES string of the molecule is C=CCn1c(C)cc(C(=O)COC(=O)[C@H](C)N2C(=O)[C@H]3CC=CC[C@H]3C2=O)c1C. The second-order valence-corrected chi connectivity index (χ2v) is 7.59. The van der Waals surface area contributed by atoms with E-state index in [1.165, 1.54) is 6.92 Å². The third kappa shape index (κ3) is 3.69. The van der Waals surface area contributed by atoms with Crippen molar-refractivity contribution < 1.29 is 23.9 Å². The summed E-state index contributed by atoms with van der Waals surface area (Å²) in [6.07, 6.45) is 6.53. The molecule has 0 radical (unpaired) electrons. The fourth-order valence-corrected chi connectivity index (χ4v) is 4.14. The monoisotopic (exact) mass is 398 g/mol. The van der Waals surface area contributed by atoms with Gasteiger partial charge in [-0.25, -0.2) is 4.79 Å². The Hall–Kier alpha value is -2.96. The molecule has 2 amide bonds. The van der Waals surface area contributed by atoms with Crippen LogP contribution in [0.4, 0.5) is 0 Å². The van der Waals surface area contributed by atoms with Crippen molar-refractivity contribution in [1.29, 1.82) is 0 Å². The van der Waals surface area contributed by atoms with Crippen LogP contribution in [-0.4, -0.2) is 45.7 Å². The van der Waals surface area contributed by atoms with E-state index in [4.69, 9.17) is 4.74 Å². The van der Waals surface area contributed by atoms with Crippen LogP contribution in [0.25, 0.3) is 0 Å². The minimum absolute atomic E-state index is 0.328. The Morgan fingerprint density at radius 2 is 1.79 bits per heavy atom. The number of fused-ring (bicyclic) bond motifs is 1. The molecule has 0 aromatic carbocycles. The Morgan fingerprint density at radius 1 is 1.21 bits per heavy atom. The van der Waals surface area contributed by atoms with Gasteiger partial charge in [0.15, 0.2) is 6.61 Å². The zero-order valence-electron chi connectivity index (χ0n) is 17.0. The maximum absolute atomic E-state index is 12.6. The van der Waals surface area contributed by atoms with Crippen molar-refractivity contribution in [2.45, 2.75) is 46.2 Å². The van der Waals surface area contributed by atoms with Crippen molar-refractivity contribution in [1.82, 2.24) is 9.47 Å². The zero-order chi connectivity index (χ0) is 21.3. The second kappa shape index (κ2) is 8.19. The number of esters is 1. The molecular formula is C22H26N2O5. The summed E-state index contributed by atoms with van der Waals surface area (Å²) in [5.74, 6) is -2.57. The lowest BCUT2D eigenvalue weighted by molar-refractivity contribution is -0.157. The molecule has 0 bridgehead atoms. The Kier molecular flexibility index (Phi) is 5.86. The number of aromatic nitrogens is 1. The van der Waals surface area contributed by atoms with Crippen molar-refractivity contribution >= 4 is 23.6 Å². The van der Waals surface area contributed by atoms with Crippen LogP contribution in [0.1, 0.15) is 41.5 Å². The fraction of sp³-hybridized carbons (Fsp3) is 0.455. The number of carbonyl (C=O) groups excluding carboxylic acids is 4. The number of hydrogen-bond acceptors (Lipinski definition) is 5. The van der Waals surface area contributed by atoms with Crippen LogP contribution in [0.2, 0.25) is 0 Å². The van der Waals surface area contributed by atoms with Gasteiger partial charge in [-0.2, -0.15) is 0 Å². The molecule has 1 aromatic heterocycles. The summed E-state index contributed by atoms with van der Waals surface area (Å²) in [5.41, 5.74) is 2.17. The van der Waals surface area contributed by atoms with Crippen molar-refractivity contribution in [3.05, 3.63) is 47.8 Å². The maximum atomic E-state index is 12.6. The normalized spacial score (nSPS) is 21.8. The predicted molar refractivity (Wildman–Crippen MR) is 106 cm³/mol.